The van der Waals surface area contributed by atoms with Crippen LogP contribution < -0.4 is 4.74 Å². The van der Waals surface area contributed by atoms with Gasteiger partial charge in [-0.15, -0.1) is 0 Å². The van der Waals surface area contributed by atoms with E-state index in [1.165, 1.54) is 37.9 Å². The van der Waals surface area contributed by atoms with Crippen LogP contribution in [0.3, 0.4) is 0 Å². The number of rotatable bonds is 6. The topological polar surface area (TPSA) is 27.7 Å². The second kappa shape index (κ2) is 8.42. The van der Waals surface area contributed by atoms with Gasteiger partial charge in [0, 0.05) is 11.1 Å². The summed E-state index contributed by atoms with van der Waals surface area (Å²) in [4.78, 5) is 0. The van der Waals surface area contributed by atoms with E-state index >= 15 is 0 Å². The third-order valence-corrected chi connectivity index (χ3v) is 5.85. The van der Waals surface area contributed by atoms with Crippen LogP contribution in [0.2, 0.25) is 0 Å². The van der Waals surface area contributed by atoms with Crippen LogP contribution in [0.4, 0.5) is 0 Å². The van der Waals surface area contributed by atoms with Crippen molar-refractivity contribution in [3.05, 3.63) is 65.7 Å². The molecule has 4 nitrogen and oxygen atoms in total. The van der Waals surface area contributed by atoms with E-state index in [1.807, 2.05) is 24.3 Å². The van der Waals surface area contributed by atoms with E-state index in [4.69, 9.17) is 14.2 Å². The Labute approximate surface area is 162 Å². The number of likely N-dealkylation sites (tertiary alicyclic amines) is 1. The number of benzene rings is 2. The molecule has 144 valence electrons. The Morgan fingerprint density at radius 3 is 2.41 bits per heavy atom. The highest BCUT2D eigenvalue weighted by Gasteiger charge is 2.37. The number of nitrogens with zero attached hydrogens (tertiary/aromatic N) is 1. The van der Waals surface area contributed by atoms with E-state index in [2.05, 4.69) is 30.3 Å². The first kappa shape index (κ1) is 18.5. The quantitative estimate of drug-likeness (QED) is 0.711. The highest BCUT2D eigenvalue weighted by atomic mass is 16.7. The lowest BCUT2D eigenvalue weighted by molar-refractivity contribution is -0.947. The van der Waals surface area contributed by atoms with Crippen molar-refractivity contribution >= 4 is 0 Å². The van der Waals surface area contributed by atoms with Gasteiger partial charge in [0.2, 0.25) is 0 Å². The first-order valence-electron chi connectivity index (χ1n) is 10.1. The molecule has 0 N–H and O–H groups in total. The minimum atomic E-state index is -0.262. The molecule has 0 saturated carbocycles. The van der Waals surface area contributed by atoms with Gasteiger partial charge < -0.3 is 18.7 Å². The third kappa shape index (κ3) is 4.52. The van der Waals surface area contributed by atoms with Gasteiger partial charge in [-0.3, -0.25) is 0 Å². The van der Waals surface area contributed by atoms with Gasteiger partial charge in [0.15, 0.2) is 6.29 Å². The minimum absolute atomic E-state index is 0.152. The molecule has 2 fully saturated rings. The molecule has 4 heteroatoms. The van der Waals surface area contributed by atoms with Crippen LogP contribution in [0.25, 0.3) is 0 Å². The number of hydrogen-bond donors (Lipinski definition) is 0. The summed E-state index contributed by atoms with van der Waals surface area (Å²) in [7, 11) is 1.68. The first-order chi connectivity index (χ1) is 13.3. The molecule has 0 bridgehead atoms. The Hall–Kier alpha value is -1.88. The molecule has 2 aliphatic heterocycles. The highest BCUT2D eigenvalue weighted by molar-refractivity contribution is 5.28. The summed E-state index contributed by atoms with van der Waals surface area (Å²) in [6.07, 6.45) is 3.86. The van der Waals surface area contributed by atoms with Crippen LogP contribution >= 0.6 is 0 Å². The molecule has 2 aromatic rings. The zero-order chi connectivity index (χ0) is 18.5. The zero-order valence-corrected chi connectivity index (χ0v) is 16.2. The van der Waals surface area contributed by atoms with Crippen LogP contribution in [-0.2, 0) is 16.0 Å². The predicted octanol–water partition coefficient (Wildman–Crippen LogP) is 4.31. The molecule has 2 unspecified atom stereocenters. The SMILES string of the molecule is COc1ccc(C2OCC(C[N+]3(Cc4ccccc4)CCCCC3)O2)cc1. The van der Waals surface area contributed by atoms with Crippen molar-refractivity contribution < 1.29 is 18.7 Å². The molecule has 27 heavy (non-hydrogen) atoms. The van der Waals surface area contributed by atoms with Gasteiger partial charge in [0.1, 0.15) is 24.9 Å². The van der Waals surface area contributed by atoms with Gasteiger partial charge in [-0.1, -0.05) is 42.5 Å². The first-order valence-corrected chi connectivity index (χ1v) is 10.1. The summed E-state index contributed by atoms with van der Waals surface area (Å²) in [5, 5.41) is 0. The maximum atomic E-state index is 6.31. The smallest absolute Gasteiger partial charge is 0.184 e. The number of quaternary nitrogens is 1. The Kier molecular flexibility index (Phi) is 5.77. The van der Waals surface area contributed by atoms with Crippen LogP contribution in [-0.4, -0.2) is 43.9 Å². The Bertz CT molecular complexity index is 710. The van der Waals surface area contributed by atoms with Crippen molar-refractivity contribution in [3.63, 3.8) is 0 Å². The predicted molar refractivity (Wildman–Crippen MR) is 105 cm³/mol. The van der Waals surface area contributed by atoms with Crippen LogP contribution in [0.5, 0.6) is 5.75 Å². The maximum Gasteiger partial charge on any atom is 0.184 e. The van der Waals surface area contributed by atoms with Gasteiger partial charge in [-0.25, -0.2) is 0 Å². The van der Waals surface area contributed by atoms with Gasteiger partial charge in [-0.2, -0.15) is 0 Å². The van der Waals surface area contributed by atoms with Crippen LogP contribution in [0.1, 0.15) is 36.7 Å². The van der Waals surface area contributed by atoms with Crippen molar-refractivity contribution in [3.8, 4) is 5.75 Å². The van der Waals surface area contributed by atoms with Crippen molar-refractivity contribution in [2.45, 2.75) is 38.2 Å². The highest BCUT2D eigenvalue weighted by Crippen LogP contribution is 2.31. The van der Waals surface area contributed by atoms with Gasteiger partial charge in [0.05, 0.1) is 26.8 Å². The maximum absolute atomic E-state index is 6.31. The number of ether oxygens (including phenoxy) is 3. The molecule has 2 atom stereocenters. The Morgan fingerprint density at radius 2 is 1.70 bits per heavy atom. The summed E-state index contributed by atoms with van der Waals surface area (Å²) in [5.74, 6) is 0.856. The van der Waals surface area contributed by atoms with E-state index in [9.17, 15) is 0 Å². The molecule has 0 amide bonds. The van der Waals surface area contributed by atoms with Crippen molar-refractivity contribution in [2.75, 3.05) is 33.4 Å². The molecule has 0 radical (unpaired) electrons. The standard InChI is InChI=1S/C23H30NO3/c1-25-21-12-10-20(11-13-21)23-26-18-22(27-23)17-24(14-6-3-7-15-24)16-19-8-4-2-5-9-19/h2,4-5,8-13,22-23H,3,6-7,14-18H2,1H3/q+1. The molecule has 2 heterocycles. The van der Waals surface area contributed by atoms with E-state index < -0.39 is 0 Å². The van der Waals surface area contributed by atoms with Gasteiger partial charge in [0.25, 0.3) is 0 Å². The van der Waals surface area contributed by atoms with Crippen LogP contribution in [0.15, 0.2) is 54.6 Å². The van der Waals surface area contributed by atoms with Gasteiger partial charge in [-0.05, 0) is 31.4 Å². The molecule has 0 aromatic heterocycles. The van der Waals surface area contributed by atoms with Crippen molar-refractivity contribution in [1.82, 2.24) is 0 Å². The zero-order valence-electron chi connectivity index (χ0n) is 16.2. The lowest BCUT2D eigenvalue weighted by Crippen LogP contribution is -2.54. The fourth-order valence-electron chi connectivity index (χ4n) is 4.47. The summed E-state index contributed by atoms with van der Waals surface area (Å²) < 4.78 is 18.7. The molecule has 2 saturated heterocycles. The largest absolute Gasteiger partial charge is 0.497 e. The second-order valence-electron chi connectivity index (χ2n) is 7.87. The molecule has 0 aliphatic carbocycles. The second-order valence-corrected chi connectivity index (χ2v) is 7.87. The van der Waals surface area contributed by atoms with E-state index in [1.54, 1.807) is 7.11 Å². The van der Waals surface area contributed by atoms with Crippen molar-refractivity contribution in [1.29, 1.82) is 0 Å². The summed E-state index contributed by atoms with van der Waals surface area (Å²) in [5.41, 5.74) is 2.48. The monoisotopic (exact) mass is 368 g/mol. The minimum Gasteiger partial charge on any atom is -0.497 e. The molecule has 4 rings (SSSR count). The lowest BCUT2D eigenvalue weighted by Gasteiger charge is -2.42. The average molecular weight is 368 g/mol. The lowest BCUT2D eigenvalue weighted by atomic mass is 10.0. The van der Waals surface area contributed by atoms with Crippen molar-refractivity contribution in [2.24, 2.45) is 0 Å². The molecule has 2 aliphatic rings. The average Bonchev–Trinajstić information content (AvgIpc) is 3.17. The Morgan fingerprint density at radius 1 is 0.963 bits per heavy atom. The Balaban J connectivity index is 1.42. The number of hydrogen-bond acceptors (Lipinski definition) is 3. The normalized spacial score (nSPS) is 24.6. The fraction of sp³-hybridized carbons (Fsp3) is 0.478. The van der Waals surface area contributed by atoms with E-state index in [-0.39, 0.29) is 12.4 Å². The molecular formula is C23H30NO3+. The summed E-state index contributed by atoms with van der Waals surface area (Å²) >= 11 is 0. The summed E-state index contributed by atoms with van der Waals surface area (Å²) in [6.45, 7) is 5.27. The molecule has 0 spiro atoms. The van der Waals surface area contributed by atoms with Crippen LogP contribution in [0, 0.1) is 0 Å². The summed E-state index contributed by atoms with van der Waals surface area (Å²) in [6, 6.07) is 18.9. The van der Waals surface area contributed by atoms with Gasteiger partial charge >= 0.3 is 0 Å². The number of piperidine rings is 1. The third-order valence-electron chi connectivity index (χ3n) is 5.85. The number of methoxy groups -OCH3 is 1. The molecular weight excluding hydrogens is 338 g/mol. The van der Waals surface area contributed by atoms with E-state index in [0.29, 0.717) is 6.61 Å². The fourth-order valence-corrected chi connectivity index (χ4v) is 4.47. The molecule has 2 aromatic carbocycles. The van der Waals surface area contributed by atoms with E-state index in [0.717, 1.165) is 28.9 Å².